The van der Waals surface area contributed by atoms with Gasteiger partial charge in [-0.15, -0.1) is 11.3 Å². The smallest absolute Gasteiger partial charge is 0.222 e. The van der Waals surface area contributed by atoms with Crippen LogP contribution in [0.2, 0.25) is 0 Å². The van der Waals surface area contributed by atoms with Crippen molar-refractivity contribution in [3.05, 3.63) is 35.8 Å². The Morgan fingerprint density at radius 1 is 1.19 bits per heavy atom. The summed E-state index contributed by atoms with van der Waals surface area (Å²) in [6, 6.07) is 8.23. The Morgan fingerprint density at radius 3 is 2.81 bits per heavy atom. The second kappa shape index (κ2) is 4.20. The molecule has 104 valence electrons. The number of nitrogen functional groups attached to an aromatic ring is 2. The van der Waals surface area contributed by atoms with E-state index in [-0.39, 0.29) is 5.95 Å². The van der Waals surface area contributed by atoms with Crippen molar-refractivity contribution in [1.82, 2.24) is 14.5 Å². The first-order valence-corrected chi connectivity index (χ1v) is 7.37. The molecule has 0 saturated carbocycles. The van der Waals surface area contributed by atoms with Crippen molar-refractivity contribution in [2.75, 3.05) is 11.5 Å². The number of hydrogen-bond donors (Lipinski definition) is 2. The Kier molecular flexibility index (Phi) is 2.43. The maximum Gasteiger partial charge on any atom is 0.222 e. The molecule has 0 unspecified atom stereocenters. The molecule has 0 saturated heterocycles. The number of anilines is 2. The van der Waals surface area contributed by atoms with Gasteiger partial charge in [-0.25, -0.2) is 4.98 Å². The van der Waals surface area contributed by atoms with Crippen LogP contribution in [-0.2, 0) is 7.05 Å². The monoisotopic (exact) mass is 295 g/mol. The Labute approximate surface area is 124 Å². The Balaban J connectivity index is 2.25. The molecule has 0 amide bonds. The SMILES string of the molecule is Cn1ccc2c3c(N)nc(N)nc3cc(-c3cccs3)c21. The van der Waals surface area contributed by atoms with Gasteiger partial charge < -0.3 is 16.0 Å². The lowest BCUT2D eigenvalue weighted by Gasteiger charge is -2.09. The maximum atomic E-state index is 6.06. The summed E-state index contributed by atoms with van der Waals surface area (Å²) in [6.07, 6.45) is 2.02. The number of nitrogens with two attached hydrogens (primary N) is 2. The third-order valence-corrected chi connectivity index (χ3v) is 4.55. The van der Waals surface area contributed by atoms with Crippen LogP contribution < -0.4 is 11.5 Å². The van der Waals surface area contributed by atoms with Gasteiger partial charge in [0.1, 0.15) is 5.82 Å². The van der Waals surface area contributed by atoms with E-state index in [0.29, 0.717) is 5.82 Å². The van der Waals surface area contributed by atoms with Gasteiger partial charge in [0.25, 0.3) is 0 Å². The second-order valence-electron chi connectivity index (χ2n) is 4.95. The van der Waals surface area contributed by atoms with Gasteiger partial charge in [-0.2, -0.15) is 4.98 Å². The summed E-state index contributed by atoms with van der Waals surface area (Å²) >= 11 is 1.70. The fraction of sp³-hybridized carbons (Fsp3) is 0.0667. The lowest BCUT2D eigenvalue weighted by atomic mass is 10.0. The van der Waals surface area contributed by atoms with Crippen LogP contribution in [0.4, 0.5) is 11.8 Å². The van der Waals surface area contributed by atoms with E-state index in [2.05, 4.69) is 26.0 Å². The molecule has 5 nitrogen and oxygen atoms in total. The summed E-state index contributed by atoms with van der Waals surface area (Å²) in [5.74, 6) is 0.624. The zero-order valence-electron chi connectivity index (χ0n) is 11.4. The average Bonchev–Trinajstić information content (AvgIpc) is 3.07. The number of hydrogen-bond acceptors (Lipinski definition) is 5. The van der Waals surface area contributed by atoms with E-state index in [1.165, 1.54) is 4.88 Å². The first-order valence-electron chi connectivity index (χ1n) is 6.50. The number of rotatable bonds is 1. The van der Waals surface area contributed by atoms with Crippen LogP contribution in [0.5, 0.6) is 0 Å². The fourth-order valence-corrected chi connectivity index (χ4v) is 3.53. The molecule has 1 aromatic carbocycles. The van der Waals surface area contributed by atoms with Crippen molar-refractivity contribution in [2.45, 2.75) is 0 Å². The van der Waals surface area contributed by atoms with Crippen LogP contribution in [0.3, 0.4) is 0 Å². The fourth-order valence-electron chi connectivity index (χ4n) is 2.79. The molecule has 3 aromatic heterocycles. The van der Waals surface area contributed by atoms with E-state index < -0.39 is 0 Å². The third kappa shape index (κ3) is 1.69. The van der Waals surface area contributed by atoms with Crippen LogP contribution in [0.25, 0.3) is 32.2 Å². The first-order chi connectivity index (χ1) is 10.1. The average molecular weight is 295 g/mol. The predicted molar refractivity (Wildman–Crippen MR) is 88.2 cm³/mol. The number of thiophene rings is 1. The largest absolute Gasteiger partial charge is 0.383 e. The normalized spacial score (nSPS) is 11.5. The number of aryl methyl sites for hydroxylation is 1. The maximum absolute atomic E-state index is 6.06. The highest BCUT2D eigenvalue weighted by molar-refractivity contribution is 7.13. The lowest BCUT2D eigenvalue weighted by Crippen LogP contribution is -2.01. The number of fused-ring (bicyclic) bond motifs is 3. The van der Waals surface area contributed by atoms with Crippen molar-refractivity contribution in [3.8, 4) is 10.4 Å². The summed E-state index contributed by atoms with van der Waals surface area (Å²) in [5, 5.41) is 3.98. The number of aromatic nitrogens is 3. The molecule has 0 aliphatic rings. The van der Waals surface area contributed by atoms with Crippen LogP contribution >= 0.6 is 11.3 Å². The highest BCUT2D eigenvalue weighted by Crippen LogP contribution is 2.38. The minimum absolute atomic E-state index is 0.201. The Hall–Kier alpha value is -2.60. The Bertz CT molecular complexity index is 969. The summed E-state index contributed by atoms with van der Waals surface area (Å²) in [7, 11) is 2.03. The summed E-state index contributed by atoms with van der Waals surface area (Å²) in [6.45, 7) is 0. The van der Waals surface area contributed by atoms with Gasteiger partial charge in [0, 0.05) is 29.1 Å². The van der Waals surface area contributed by atoms with Gasteiger partial charge in [-0.3, -0.25) is 0 Å². The molecule has 0 aliphatic heterocycles. The van der Waals surface area contributed by atoms with Crippen LogP contribution in [0, 0.1) is 0 Å². The second-order valence-corrected chi connectivity index (χ2v) is 5.90. The van der Waals surface area contributed by atoms with Crippen molar-refractivity contribution >= 4 is 44.9 Å². The van der Waals surface area contributed by atoms with Gasteiger partial charge in [0.2, 0.25) is 5.95 Å². The molecule has 6 heteroatoms. The van der Waals surface area contributed by atoms with Gasteiger partial charge in [-0.1, -0.05) is 6.07 Å². The van der Waals surface area contributed by atoms with E-state index in [9.17, 15) is 0 Å². The molecule has 3 heterocycles. The van der Waals surface area contributed by atoms with E-state index in [1.54, 1.807) is 11.3 Å². The predicted octanol–water partition coefficient (Wildman–Crippen LogP) is 3.01. The van der Waals surface area contributed by atoms with Crippen molar-refractivity contribution in [3.63, 3.8) is 0 Å². The summed E-state index contributed by atoms with van der Waals surface area (Å²) in [4.78, 5) is 9.63. The molecule has 0 fully saturated rings. The molecule has 4 rings (SSSR count). The van der Waals surface area contributed by atoms with Gasteiger partial charge in [-0.05, 0) is 23.6 Å². The zero-order chi connectivity index (χ0) is 14.6. The van der Waals surface area contributed by atoms with Crippen molar-refractivity contribution < 1.29 is 0 Å². The quantitative estimate of drug-likeness (QED) is 0.565. The first kappa shape index (κ1) is 12.2. The third-order valence-electron chi connectivity index (χ3n) is 3.65. The van der Waals surface area contributed by atoms with Crippen molar-refractivity contribution in [2.24, 2.45) is 7.05 Å². The van der Waals surface area contributed by atoms with E-state index in [4.69, 9.17) is 11.5 Å². The zero-order valence-corrected chi connectivity index (χ0v) is 12.2. The van der Waals surface area contributed by atoms with E-state index in [0.717, 1.165) is 27.4 Å². The topological polar surface area (TPSA) is 82.8 Å². The number of nitrogens with zero attached hydrogens (tertiary/aromatic N) is 3. The van der Waals surface area contributed by atoms with E-state index >= 15 is 0 Å². The highest BCUT2D eigenvalue weighted by atomic mass is 32.1. The van der Waals surface area contributed by atoms with Crippen molar-refractivity contribution in [1.29, 1.82) is 0 Å². The molecule has 0 spiro atoms. The summed E-state index contributed by atoms with van der Waals surface area (Å²) in [5.41, 5.74) is 14.8. The molecule has 21 heavy (non-hydrogen) atoms. The summed E-state index contributed by atoms with van der Waals surface area (Å²) < 4.78 is 2.10. The standard InChI is InChI=1S/C15H13N5S/c1-20-5-4-8-12-10(18-15(17)19-14(12)16)7-9(13(8)20)11-3-2-6-21-11/h2-7H,1H3,(H4,16,17,18,19). The molecule has 4 N–H and O–H groups in total. The molecule has 0 atom stereocenters. The van der Waals surface area contributed by atoms with Crippen LogP contribution in [0.1, 0.15) is 0 Å². The highest BCUT2D eigenvalue weighted by Gasteiger charge is 2.15. The molecular weight excluding hydrogens is 282 g/mol. The lowest BCUT2D eigenvalue weighted by molar-refractivity contribution is 0.970. The molecule has 0 bridgehead atoms. The van der Waals surface area contributed by atoms with Crippen LogP contribution in [-0.4, -0.2) is 14.5 Å². The van der Waals surface area contributed by atoms with E-state index in [1.807, 2.05) is 31.4 Å². The van der Waals surface area contributed by atoms with Gasteiger partial charge in [0.05, 0.1) is 16.4 Å². The minimum atomic E-state index is 0.201. The van der Waals surface area contributed by atoms with Crippen LogP contribution in [0.15, 0.2) is 35.8 Å². The molecular formula is C15H13N5S. The molecule has 0 radical (unpaired) electrons. The molecule has 0 aliphatic carbocycles. The number of benzene rings is 1. The minimum Gasteiger partial charge on any atom is -0.383 e. The van der Waals surface area contributed by atoms with Gasteiger partial charge in [0.15, 0.2) is 0 Å². The Morgan fingerprint density at radius 2 is 2.05 bits per heavy atom. The van der Waals surface area contributed by atoms with Gasteiger partial charge >= 0.3 is 0 Å². The molecule has 4 aromatic rings.